The Labute approximate surface area is 205 Å². The van der Waals surface area contributed by atoms with E-state index < -0.39 is 12.3 Å². The van der Waals surface area contributed by atoms with Gasteiger partial charge in [0.05, 0.1) is 13.0 Å². The van der Waals surface area contributed by atoms with Gasteiger partial charge in [0.15, 0.2) is 6.29 Å². The number of amides is 2. The van der Waals surface area contributed by atoms with E-state index in [-0.39, 0.29) is 44.1 Å². The number of aryl methyl sites for hydroxylation is 2. The molecule has 0 spiro atoms. The van der Waals surface area contributed by atoms with E-state index in [0.717, 1.165) is 22.9 Å². The van der Waals surface area contributed by atoms with Crippen LogP contribution in [-0.4, -0.2) is 62.8 Å². The number of hydrogen-bond donors (Lipinski definition) is 3. The molecule has 2 aromatic heterocycles. The lowest BCUT2D eigenvalue weighted by Gasteiger charge is -2.09. The minimum Gasteiger partial charge on any atom is -0.466 e. The molecular weight excluding hydrogens is 484 g/mol. The maximum absolute atomic E-state index is 11.9. The summed E-state index contributed by atoms with van der Waals surface area (Å²) >= 11 is 2.62. The highest BCUT2D eigenvalue weighted by Crippen LogP contribution is 2.20. The predicted molar refractivity (Wildman–Crippen MR) is 126 cm³/mol. The van der Waals surface area contributed by atoms with Crippen molar-refractivity contribution in [3.63, 3.8) is 0 Å². The van der Waals surface area contributed by atoms with Crippen LogP contribution in [0.4, 0.5) is 10.3 Å². The van der Waals surface area contributed by atoms with E-state index in [1.54, 1.807) is 13.8 Å². The molecule has 0 radical (unpaired) electrons. The summed E-state index contributed by atoms with van der Waals surface area (Å²) in [4.78, 5) is 35.1. The fourth-order valence-corrected chi connectivity index (χ4v) is 4.30. The lowest BCUT2D eigenvalue weighted by molar-refractivity contribution is -0.144. The van der Waals surface area contributed by atoms with Gasteiger partial charge in [-0.1, -0.05) is 22.7 Å². The second kappa shape index (κ2) is 15.4. The molecule has 0 fully saturated rings. The van der Waals surface area contributed by atoms with E-state index in [0.29, 0.717) is 29.7 Å². The SMILES string of the molecule is CCOC(=O)CCC(=O)Nc1nnc(CCCCc2nnc(NC(=O)CCC(O)OCC)s2)s1. The van der Waals surface area contributed by atoms with Crippen LogP contribution in [0, 0.1) is 0 Å². The average molecular weight is 515 g/mol. The number of ether oxygens (including phenoxy) is 2. The van der Waals surface area contributed by atoms with Crippen molar-refractivity contribution < 1.29 is 29.0 Å². The van der Waals surface area contributed by atoms with Crippen molar-refractivity contribution in [2.45, 2.75) is 71.5 Å². The highest BCUT2D eigenvalue weighted by atomic mass is 32.1. The first kappa shape index (κ1) is 27.7. The Morgan fingerprint density at radius 2 is 1.41 bits per heavy atom. The predicted octanol–water partition coefficient (Wildman–Crippen LogP) is 2.31. The molecular formula is C20H30N6O6S2. The maximum Gasteiger partial charge on any atom is 0.306 e. The Balaban J connectivity index is 1.63. The molecule has 3 N–H and O–H groups in total. The summed E-state index contributed by atoms with van der Waals surface area (Å²) in [5.41, 5.74) is 0. The summed E-state index contributed by atoms with van der Waals surface area (Å²) in [6.45, 7) is 4.16. The summed E-state index contributed by atoms with van der Waals surface area (Å²) in [6.07, 6.45) is 2.59. The molecule has 0 saturated carbocycles. The van der Waals surface area contributed by atoms with Crippen LogP contribution < -0.4 is 10.6 Å². The quantitative estimate of drug-likeness (QED) is 0.172. The molecule has 2 aromatic rings. The van der Waals surface area contributed by atoms with Gasteiger partial charge >= 0.3 is 5.97 Å². The number of unbranched alkanes of at least 4 members (excludes halogenated alkanes) is 1. The minimum atomic E-state index is -0.947. The highest BCUT2D eigenvalue weighted by Gasteiger charge is 2.13. The molecule has 14 heteroatoms. The van der Waals surface area contributed by atoms with Gasteiger partial charge in [0.2, 0.25) is 22.1 Å². The third-order valence-electron chi connectivity index (χ3n) is 4.30. The number of hydrogen-bond acceptors (Lipinski definition) is 12. The first-order chi connectivity index (χ1) is 16.4. The number of aromatic nitrogens is 4. The first-order valence-corrected chi connectivity index (χ1v) is 12.7. The van der Waals surface area contributed by atoms with Gasteiger partial charge in [-0.05, 0) is 26.7 Å². The van der Waals surface area contributed by atoms with Gasteiger partial charge in [-0.15, -0.1) is 20.4 Å². The van der Waals surface area contributed by atoms with Gasteiger partial charge in [0.1, 0.15) is 10.0 Å². The zero-order valence-electron chi connectivity index (χ0n) is 19.2. The van der Waals surface area contributed by atoms with Crippen molar-refractivity contribution in [3.05, 3.63) is 10.0 Å². The number of aliphatic hydroxyl groups is 1. The number of esters is 1. The molecule has 188 valence electrons. The number of nitrogens with one attached hydrogen (secondary N) is 2. The molecule has 2 heterocycles. The largest absolute Gasteiger partial charge is 0.466 e. The van der Waals surface area contributed by atoms with E-state index in [1.807, 2.05) is 0 Å². The van der Waals surface area contributed by atoms with E-state index in [2.05, 4.69) is 31.0 Å². The van der Waals surface area contributed by atoms with Gasteiger partial charge < -0.3 is 25.2 Å². The second-order valence-electron chi connectivity index (χ2n) is 7.06. The Bertz CT molecular complexity index is 921. The molecule has 0 aliphatic carbocycles. The van der Waals surface area contributed by atoms with Crippen LogP contribution in [0.25, 0.3) is 0 Å². The summed E-state index contributed by atoms with van der Waals surface area (Å²) in [5, 5.41) is 33.4. The van der Waals surface area contributed by atoms with Crippen LogP contribution in [0.5, 0.6) is 0 Å². The molecule has 0 bridgehead atoms. The van der Waals surface area contributed by atoms with Crippen LogP contribution >= 0.6 is 22.7 Å². The summed E-state index contributed by atoms with van der Waals surface area (Å²) in [5.74, 6) is -0.959. The molecule has 0 aliphatic rings. The molecule has 2 amide bonds. The number of aliphatic hydroxyl groups excluding tert-OH is 1. The van der Waals surface area contributed by atoms with Crippen molar-refractivity contribution in [1.29, 1.82) is 0 Å². The monoisotopic (exact) mass is 514 g/mol. The lowest BCUT2D eigenvalue weighted by Crippen LogP contribution is -2.17. The van der Waals surface area contributed by atoms with Crippen LogP contribution in [0.1, 0.15) is 62.4 Å². The van der Waals surface area contributed by atoms with E-state index in [4.69, 9.17) is 9.47 Å². The highest BCUT2D eigenvalue weighted by molar-refractivity contribution is 7.15. The maximum atomic E-state index is 11.9. The fourth-order valence-electron chi connectivity index (χ4n) is 2.71. The van der Waals surface area contributed by atoms with Gasteiger partial charge in [-0.2, -0.15) is 0 Å². The van der Waals surface area contributed by atoms with E-state index in [9.17, 15) is 19.5 Å². The zero-order chi connectivity index (χ0) is 24.8. The third kappa shape index (κ3) is 11.0. The Morgan fingerprint density at radius 1 is 0.853 bits per heavy atom. The van der Waals surface area contributed by atoms with Gasteiger partial charge in [0, 0.05) is 38.7 Å². The van der Waals surface area contributed by atoms with Crippen molar-refractivity contribution in [2.24, 2.45) is 0 Å². The zero-order valence-corrected chi connectivity index (χ0v) is 20.9. The normalized spacial score (nSPS) is 11.7. The number of anilines is 2. The standard InChI is InChI=1S/C20H30N6O6S2/c1-3-31-17(29)11-9-13(27)21-19-25-23-15(33-19)7-5-6-8-16-24-26-20(34-16)22-14(28)10-12-18(30)32-4-2/h17,29H,3-12H2,1-2H3,(H,21,25,27)(H,22,26,28). The van der Waals surface area contributed by atoms with Crippen LogP contribution in [-0.2, 0) is 36.7 Å². The van der Waals surface area contributed by atoms with Gasteiger partial charge in [0.25, 0.3) is 0 Å². The van der Waals surface area contributed by atoms with Crippen molar-refractivity contribution in [2.75, 3.05) is 23.8 Å². The lowest BCUT2D eigenvalue weighted by atomic mass is 10.2. The Hall–Kier alpha value is -2.55. The Kier molecular flexibility index (Phi) is 12.5. The number of nitrogens with zero attached hydrogens (tertiary/aromatic N) is 4. The summed E-state index contributed by atoms with van der Waals surface area (Å²) in [6, 6.07) is 0. The molecule has 1 atom stereocenters. The minimum absolute atomic E-state index is 0.0272. The third-order valence-corrected chi connectivity index (χ3v) is 6.09. The molecule has 0 saturated heterocycles. The molecule has 34 heavy (non-hydrogen) atoms. The molecule has 0 aliphatic heterocycles. The van der Waals surface area contributed by atoms with Gasteiger partial charge in [-0.25, -0.2) is 0 Å². The Morgan fingerprint density at radius 3 is 1.94 bits per heavy atom. The van der Waals surface area contributed by atoms with Crippen LogP contribution in [0.2, 0.25) is 0 Å². The van der Waals surface area contributed by atoms with Crippen LogP contribution in [0.15, 0.2) is 0 Å². The molecule has 12 nitrogen and oxygen atoms in total. The van der Waals surface area contributed by atoms with Crippen LogP contribution in [0.3, 0.4) is 0 Å². The van der Waals surface area contributed by atoms with Crippen molar-refractivity contribution in [1.82, 2.24) is 20.4 Å². The summed E-state index contributed by atoms with van der Waals surface area (Å²) < 4.78 is 9.78. The smallest absolute Gasteiger partial charge is 0.306 e. The van der Waals surface area contributed by atoms with Crippen molar-refractivity contribution >= 4 is 50.7 Å². The topological polar surface area (TPSA) is 166 Å². The molecule has 0 aromatic carbocycles. The first-order valence-electron chi connectivity index (χ1n) is 11.1. The van der Waals surface area contributed by atoms with Gasteiger partial charge in [-0.3, -0.25) is 14.4 Å². The fraction of sp³-hybridized carbons (Fsp3) is 0.650. The van der Waals surface area contributed by atoms with E-state index in [1.165, 1.54) is 22.7 Å². The summed E-state index contributed by atoms with van der Waals surface area (Å²) in [7, 11) is 0. The second-order valence-corrected chi connectivity index (χ2v) is 9.18. The van der Waals surface area contributed by atoms with Crippen molar-refractivity contribution in [3.8, 4) is 0 Å². The molecule has 2 rings (SSSR count). The number of carbonyl (C=O) groups excluding carboxylic acids is 3. The number of rotatable bonds is 16. The number of carbonyl (C=O) groups is 3. The van der Waals surface area contributed by atoms with E-state index >= 15 is 0 Å². The average Bonchev–Trinajstić information content (AvgIpc) is 3.43. The molecule has 1 unspecified atom stereocenters.